The molecule has 4 rings (SSSR count). The van der Waals surface area contributed by atoms with Crippen LogP contribution in [0, 0.1) is 11.7 Å². The third-order valence-electron chi connectivity index (χ3n) is 5.75. The van der Waals surface area contributed by atoms with E-state index in [-0.39, 0.29) is 23.7 Å². The van der Waals surface area contributed by atoms with Crippen LogP contribution in [0.4, 0.5) is 10.1 Å². The monoisotopic (exact) mass is 386 g/mol. The van der Waals surface area contributed by atoms with Crippen molar-refractivity contribution in [3.63, 3.8) is 0 Å². The number of benzene rings is 1. The number of carbonyl (C=O) groups excluding carboxylic acids is 1. The molecule has 0 N–H and O–H groups in total. The fraction of sp³-hybridized carbons (Fsp3) is 0.524. The number of hydrogen-bond acceptors (Lipinski definition) is 4. The highest BCUT2D eigenvalue weighted by Gasteiger charge is 2.38. The van der Waals surface area contributed by atoms with Crippen molar-refractivity contribution in [3.8, 4) is 0 Å². The maximum Gasteiger partial charge on any atom is 0.228 e. The second-order valence-electron chi connectivity index (χ2n) is 7.40. The molecule has 2 aliphatic rings. The van der Waals surface area contributed by atoms with Crippen LogP contribution in [0.25, 0.3) is 0 Å². The zero-order chi connectivity index (χ0) is 19.5. The van der Waals surface area contributed by atoms with Crippen molar-refractivity contribution in [2.75, 3.05) is 37.7 Å². The van der Waals surface area contributed by atoms with E-state index in [9.17, 15) is 9.18 Å². The molecule has 0 radical (unpaired) electrons. The number of ether oxygens (including phenoxy) is 1. The number of nitrogens with zero attached hydrogens (tertiary/aromatic N) is 4. The molecule has 1 amide bonds. The Kier molecular flexibility index (Phi) is 5.62. The van der Waals surface area contributed by atoms with Gasteiger partial charge in [-0.25, -0.2) is 9.37 Å². The third kappa shape index (κ3) is 3.76. The number of piperazine rings is 1. The van der Waals surface area contributed by atoms with E-state index < -0.39 is 0 Å². The molecular weight excluding hydrogens is 359 g/mol. The van der Waals surface area contributed by atoms with Gasteiger partial charge in [-0.2, -0.15) is 0 Å². The summed E-state index contributed by atoms with van der Waals surface area (Å²) in [5.74, 6) is 0.569. The van der Waals surface area contributed by atoms with Crippen LogP contribution < -0.4 is 4.90 Å². The van der Waals surface area contributed by atoms with Crippen molar-refractivity contribution < 1.29 is 13.9 Å². The number of halogens is 1. The zero-order valence-electron chi connectivity index (χ0n) is 16.3. The molecule has 0 saturated carbocycles. The number of amides is 1. The van der Waals surface area contributed by atoms with E-state index in [1.165, 1.54) is 6.07 Å². The molecule has 150 valence electrons. The van der Waals surface area contributed by atoms with Crippen LogP contribution >= 0.6 is 0 Å². The summed E-state index contributed by atoms with van der Waals surface area (Å²) in [4.78, 5) is 21.8. The molecule has 6 nitrogen and oxygen atoms in total. The van der Waals surface area contributed by atoms with Gasteiger partial charge in [0.15, 0.2) is 0 Å². The summed E-state index contributed by atoms with van der Waals surface area (Å²) in [5.41, 5.74) is 0.871. The third-order valence-corrected chi connectivity index (χ3v) is 5.75. The molecular formula is C21H27FN4O2. The zero-order valence-corrected chi connectivity index (χ0v) is 16.3. The van der Waals surface area contributed by atoms with Gasteiger partial charge in [-0.3, -0.25) is 4.79 Å². The summed E-state index contributed by atoms with van der Waals surface area (Å²) in [5, 5.41) is 0. The molecule has 7 heteroatoms. The van der Waals surface area contributed by atoms with E-state index in [1.807, 2.05) is 17.2 Å². The van der Waals surface area contributed by atoms with Gasteiger partial charge in [0, 0.05) is 57.4 Å². The predicted molar refractivity (Wildman–Crippen MR) is 105 cm³/mol. The van der Waals surface area contributed by atoms with Crippen LogP contribution in [-0.2, 0) is 16.1 Å². The summed E-state index contributed by atoms with van der Waals surface area (Å²) in [6.45, 7) is 6.23. The van der Waals surface area contributed by atoms with E-state index in [4.69, 9.17) is 4.74 Å². The number of rotatable bonds is 4. The number of anilines is 1. The molecule has 0 bridgehead atoms. The van der Waals surface area contributed by atoms with Crippen molar-refractivity contribution in [1.82, 2.24) is 14.5 Å². The molecule has 2 aromatic rings. The van der Waals surface area contributed by atoms with E-state index in [1.54, 1.807) is 18.3 Å². The number of hydrogen-bond donors (Lipinski definition) is 0. The summed E-state index contributed by atoms with van der Waals surface area (Å²) in [6.07, 6.45) is 5.15. The number of imidazole rings is 1. The van der Waals surface area contributed by atoms with Crippen LogP contribution in [0.1, 0.15) is 31.7 Å². The number of aromatic nitrogens is 2. The Balaban J connectivity index is 1.43. The quantitative estimate of drug-likeness (QED) is 0.811. The highest BCUT2D eigenvalue weighted by atomic mass is 19.1. The Morgan fingerprint density at radius 3 is 2.86 bits per heavy atom. The van der Waals surface area contributed by atoms with Crippen LogP contribution in [-0.4, -0.2) is 53.1 Å². The lowest BCUT2D eigenvalue weighted by atomic mass is 9.91. The average molecular weight is 386 g/mol. The van der Waals surface area contributed by atoms with Gasteiger partial charge < -0.3 is 19.1 Å². The molecule has 2 atom stereocenters. The Labute approximate surface area is 164 Å². The van der Waals surface area contributed by atoms with Crippen molar-refractivity contribution in [3.05, 3.63) is 48.3 Å². The molecule has 2 saturated heterocycles. The second kappa shape index (κ2) is 8.31. The minimum atomic E-state index is -0.280. The summed E-state index contributed by atoms with van der Waals surface area (Å²) in [7, 11) is 0. The van der Waals surface area contributed by atoms with Crippen molar-refractivity contribution in [1.29, 1.82) is 0 Å². The minimum absolute atomic E-state index is 0.147. The maximum atomic E-state index is 13.5. The first-order chi connectivity index (χ1) is 13.7. The van der Waals surface area contributed by atoms with E-state index in [0.717, 1.165) is 30.9 Å². The second-order valence-corrected chi connectivity index (χ2v) is 7.40. The van der Waals surface area contributed by atoms with Crippen LogP contribution in [0.3, 0.4) is 0 Å². The highest BCUT2D eigenvalue weighted by Crippen LogP contribution is 2.34. The Morgan fingerprint density at radius 1 is 1.29 bits per heavy atom. The van der Waals surface area contributed by atoms with E-state index >= 15 is 0 Å². The fourth-order valence-electron chi connectivity index (χ4n) is 4.23. The summed E-state index contributed by atoms with van der Waals surface area (Å²) in [6, 6.07) is 6.64. The fourth-order valence-corrected chi connectivity index (χ4v) is 4.23. The lowest BCUT2D eigenvalue weighted by Gasteiger charge is -2.39. The largest absolute Gasteiger partial charge is 0.369 e. The van der Waals surface area contributed by atoms with Crippen molar-refractivity contribution >= 4 is 11.6 Å². The first-order valence-corrected chi connectivity index (χ1v) is 10.1. The topological polar surface area (TPSA) is 50.6 Å². The minimum Gasteiger partial charge on any atom is -0.369 e. The normalized spacial score (nSPS) is 23.1. The molecule has 1 aromatic heterocycles. The molecule has 3 heterocycles. The first kappa shape index (κ1) is 18.9. The Hall–Kier alpha value is -2.41. The maximum absolute atomic E-state index is 13.5. The summed E-state index contributed by atoms with van der Waals surface area (Å²) < 4.78 is 21.6. The Bertz CT molecular complexity index is 816. The smallest absolute Gasteiger partial charge is 0.228 e. The lowest BCUT2D eigenvalue weighted by molar-refractivity contribution is -0.146. The van der Waals surface area contributed by atoms with E-state index in [0.29, 0.717) is 32.8 Å². The van der Waals surface area contributed by atoms with Gasteiger partial charge >= 0.3 is 0 Å². The van der Waals surface area contributed by atoms with Gasteiger partial charge in [0.25, 0.3) is 0 Å². The molecule has 0 aliphatic carbocycles. The molecule has 28 heavy (non-hydrogen) atoms. The summed E-state index contributed by atoms with van der Waals surface area (Å²) >= 11 is 0. The van der Waals surface area contributed by atoms with Gasteiger partial charge in [-0.15, -0.1) is 0 Å². The lowest BCUT2D eigenvalue weighted by Crippen LogP contribution is -2.51. The van der Waals surface area contributed by atoms with Gasteiger partial charge in [-0.1, -0.05) is 6.07 Å². The Morgan fingerprint density at radius 2 is 2.11 bits per heavy atom. The predicted octanol–water partition coefficient (Wildman–Crippen LogP) is 2.86. The molecule has 0 spiro atoms. The van der Waals surface area contributed by atoms with E-state index in [2.05, 4.69) is 21.4 Å². The molecule has 2 aliphatic heterocycles. The SMILES string of the molecule is CCn1ccnc1[C@@H]1OCCC[C@H]1C(=O)N1CCN(c2cccc(F)c2)CC1. The van der Waals surface area contributed by atoms with Crippen molar-refractivity contribution in [2.24, 2.45) is 5.92 Å². The van der Waals surface area contributed by atoms with Gasteiger partial charge in [-0.05, 0) is 38.0 Å². The van der Waals surface area contributed by atoms with Gasteiger partial charge in [0.05, 0.1) is 5.92 Å². The number of carbonyl (C=O) groups is 1. The van der Waals surface area contributed by atoms with Crippen LogP contribution in [0.15, 0.2) is 36.7 Å². The van der Waals surface area contributed by atoms with Crippen LogP contribution in [0.2, 0.25) is 0 Å². The standard InChI is InChI=1S/C21H27FN4O2/c1-2-24-9-8-23-20(24)19-18(7-4-14-28-19)21(27)26-12-10-25(11-13-26)17-6-3-5-16(22)15-17/h3,5-6,8-9,15,18-19H,2,4,7,10-14H2,1H3/t18-,19-/m1/s1. The first-order valence-electron chi connectivity index (χ1n) is 10.1. The highest BCUT2D eigenvalue weighted by molar-refractivity contribution is 5.80. The van der Waals surface area contributed by atoms with Gasteiger partial charge in [0.2, 0.25) is 5.91 Å². The molecule has 1 aromatic carbocycles. The number of aryl methyl sites for hydroxylation is 1. The average Bonchev–Trinajstić information content (AvgIpc) is 3.22. The molecule has 0 unspecified atom stereocenters. The molecule has 2 fully saturated rings. The van der Waals surface area contributed by atoms with Gasteiger partial charge in [0.1, 0.15) is 17.7 Å². The van der Waals surface area contributed by atoms with Crippen LogP contribution in [0.5, 0.6) is 0 Å². The van der Waals surface area contributed by atoms with Crippen molar-refractivity contribution in [2.45, 2.75) is 32.4 Å².